The predicted octanol–water partition coefficient (Wildman–Crippen LogP) is 1.75. The van der Waals surface area contributed by atoms with Crippen molar-refractivity contribution in [1.82, 2.24) is 4.72 Å². The quantitative estimate of drug-likeness (QED) is 0.830. The van der Waals surface area contributed by atoms with Gasteiger partial charge in [0.15, 0.2) is 0 Å². The van der Waals surface area contributed by atoms with E-state index in [1.165, 1.54) is 13.2 Å². The van der Waals surface area contributed by atoms with Crippen molar-refractivity contribution in [2.45, 2.75) is 36.0 Å². The van der Waals surface area contributed by atoms with Crippen molar-refractivity contribution in [1.29, 1.82) is 0 Å². The number of rotatable bonds is 6. The lowest BCUT2D eigenvalue weighted by molar-refractivity contribution is 0.280. The highest BCUT2D eigenvalue weighted by molar-refractivity contribution is 8.01. The number of ether oxygens (including phenoxy) is 1. The van der Waals surface area contributed by atoms with Crippen LogP contribution >= 0.6 is 11.8 Å². The van der Waals surface area contributed by atoms with Gasteiger partial charge in [0.25, 0.3) is 0 Å². The normalized spacial score (nSPS) is 22.4. The molecule has 1 atom stereocenters. The molecular formula is C14H21NO4S2. The van der Waals surface area contributed by atoms with Gasteiger partial charge in [-0.25, -0.2) is 13.1 Å². The van der Waals surface area contributed by atoms with Gasteiger partial charge in [-0.05, 0) is 43.2 Å². The summed E-state index contributed by atoms with van der Waals surface area (Å²) in [5.74, 6) is 1.32. The van der Waals surface area contributed by atoms with Crippen molar-refractivity contribution < 1.29 is 18.3 Å². The summed E-state index contributed by atoms with van der Waals surface area (Å²) in [5, 5.41) is 9.11. The van der Waals surface area contributed by atoms with Crippen molar-refractivity contribution in [2.24, 2.45) is 0 Å². The lowest BCUT2D eigenvalue weighted by atomic mass is 10.1. The smallest absolute Gasteiger partial charge is 0.244 e. The van der Waals surface area contributed by atoms with Crippen molar-refractivity contribution in [3.8, 4) is 5.75 Å². The highest BCUT2D eigenvalue weighted by Gasteiger charge is 2.31. The second kappa shape index (κ2) is 6.56. The molecule has 0 aromatic heterocycles. The van der Waals surface area contributed by atoms with E-state index in [9.17, 15) is 8.42 Å². The molecule has 0 spiro atoms. The first-order valence-corrected chi connectivity index (χ1v) is 9.28. The fraction of sp³-hybridized carbons (Fsp3) is 0.571. The summed E-state index contributed by atoms with van der Waals surface area (Å²) >= 11 is 1.81. The monoisotopic (exact) mass is 331 g/mol. The topological polar surface area (TPSA) is 75.6 Å². The molecule has 5 nitrogen and oxygen atoms in total. The number of benzene rings is 1. The van der Waals surface area contributed by atoms with Gasteiger partial charge < -0.3 is 9.84 Å². The second-order valence-electron chi connectivity index (χ2n) is 5.37. The van der Waals surface area contributed by atoms with Gasteiger partial charge in [-0.1, -0.05) is 6.07 Å². The lowest BCUT2D eigenvalue weighted by Crippen LogP contribution is -2.36. The Hall–Kier alpha value is -0.760. The number of sulfonamides is 1. The summed E-state index contributed by atoms with van der Waals surface area (Å²) in [6.45, 7) is 2.34. The molecule has 1 saturated heterocycles. The molecule has 1 aromatic carbocycles. The van der Waals surface area contributed by atoms with E-state index in [0.717, 1.165) is 18.6 Å². The summed E-state index contributed by atoms with van der Waals surface area (Å²) in [6, 6.07) is 4.60. The SMILES string of the molecule is COc1cc(CO)ccc1S(=O)(=O)NCC1(C)CCCS1. The molecule has 1 unspecified atom stereocenters. The molecule has 2 rings (SSSR count). The van der Waals surface area contributed by atoms with E-state index < -0.39 is 10.0 Å². The molecule has 21 heavy (non-hydrogen) atoms. The fourth-order valence-corrected chi connectivity index (χ4v) is 4.99. The molecule has 1 heterocycles. The van der Waals surface area contributed by atoms with Crippen LogP contribution in [0.5, 0.6) is 5.75 Å². The molecule has 0 aliphatic carbocycles. The minimum atomic E-state index is -3.62. The van der Waals surface area contributed by atoms with E-state index in [1.54, 1.807) is 23.9 Å². The summed E-state index contributed by atoms with van der Waals surface area (Å²) in [6.07, 6.45) is 2.14. The van der Waals surface area contributed by atoms with Gasteiger partial charge in [0.05, 0.1) is 13.7 Å². The summed E-state index contributed by atoms with van der Waals surface area (Å²) in [5.41, 5.74) is 0.615. The molecule has 1 fully saturated rings. The number of hydrogen-bond acceptors (Lipinski definition) is 5. The highest BCUT2D eigenvalue weighted by atomic mass is 32.2. The second-order valence-corrected chi connectivity index (χ2v) is 8.79. The molecule has 1 aliphatic rings. The van der Waals surface area contributed by atoms with Crippen LogP contribution in [0.2, 0.25) is 0 Å². The van der Waals surface area contributed by atoms with Crippen molar-refractivity contribution in [2.75, 3.05) is 19.4 Å². The van der Waals surface area contributed by atoms with Gasteiger partial charge in [0.2, 0.25) is 10.0 Å². The molecule has 118 valence electrons. The van der Waals surface area contributed by atoms with Crippen LogP contribution in [0.15, 0.2) is 23.1 Å². The first kappa shape index (κ1) is 16.6. The first-order valence-electron chi connectivity index (χ1n) is 6.82. The van der Waals surface area contributed by atoms with Crippen LogP contribution in [0, 0.1) is 0 Å². The largest absolute Gasteiger partial charge is 0.495 e. The third-order valence-electron chi connectivity index (χ3n) is 3.64. The van der Waals surface area contributed by atoms with Crippen molar-refractivity contribution in [3.05, 3.63) is 23.8 Å². The Morgan fingerprint density at radius 3 is 2.81 bits per heavy atom. The first-order chi connectivity index (χ1) is 9.90. The van der Waals surface area contributed by atoms with E-state index in [0.29, 0.717) is 12.1 Å². The van der Waals surface area contributed by atoms with Crippen LogP contribution < -0.4 is 9.46 Å². The van der Waals surface area contributed by atoms with E-state index in [1.807, 2.05) is 0 Å². The maximum atomic E-state index is 12.4. The molecule has 0 amide bonds. The Bertz CT molecular complexity index is 595. The van der Waals surface area contributed by atoms with Crippen LogP contribution in [0.25, 0.3) is 0 Å². The number of nitrogens with one attached hydrogen (secondary N) is 1. The minimum Gasteiger partial charge on any atom is -0.495 e. The zero-order chi connectivity index (χ0) is 15.5. The van der Waals surface area contributed by atoms with Gasteiger partial charge >= 0.3 is 0 Å². The molecule has 7 heteroatoms. The number of hydrogen-bond donors (Lipinski definition) is 2. The third kappa shape index (κ3) is 3.91. The fourth-order valence-electron chi connectivity index (χ4n) is 2.33. The lowest BCUT2D eigenvalue weighted by Gasteiger charge is -2.23. The standard InChI is InChI=1S/C14H21NO4S2/c1-14(6-3-7-20-14)10-15-21(17,18)13-5-4-11(9-16)8-12(13)19-2/h4-5,8,15-16H,3,6-7,9-10H2,1-2H3. The summed E-state index contributed by atoms with van der Waals surface area (Å²) in [7, 11) is -2.20. The van der Waals surface area contributed by atoms with Crippen molar-refractivity contribution >= 4 is 21.8 Å². The molecule has 1 aromatic rings. The minimum absolute atomic E-state index is 0.0364. The molecule has 2 N–H and O–H groups in total. The van der Waals surface area contributed by atoms with Gasteiger partial charge in [-0.3, -0.25) is 0 Å². The molecular weight excluding hydrogens is 310 g/mol. The molecule has 1 aliphatic heterocycles. The molecule has 0 saturated carbocycles. The van der Waals surface area contributed by atoms with E-state index in [-0.39, 0.29) is 22.0 Å². The summed E-state index contributed by atoms with van der Waals surface area (Å²) < 4.78 is 32.7. The highest BCUT2D eigenvalue weighted by Crippen LogP contribution is 2.37. The van der Waals surface area contributed by atoms with Crippen LogP contribution in [-0.4, -0.2) is 37.7 Å². The number of aliphatic hydroxyl groups is 1. The Kier molecular flexibility index (Phi) is 5.19. The van der Waals surface area contributed by atoms with Gasteiger partial charge in [-0.15, -0.1) is 0 Å². The van der Waals surface area contributed by atoms with Crippen LogP contribution in [-0.2, 0) is 16.6 Å². The summed E-state index contributed by atoms with van der Waals surface area (Å²) in [4.78, 5) is 0.105. The maximum absolute atomic E-state index is 12.4. The third-order valence-corrected chi connectivity index (χ3v) is 6.62. The van der Waals surface area contributed by atoms with Gasteiger partial charge in [0.1, 0.15) is 10.6 Å². The van der Waals surface area contributed by atoms with E-state index >= 15 is 0 Å². The molecule has 0 bridgehead atoms. The predicted molar refractivity (Wildman–Crippen MR) is 84.2 cm³/mol. The maximum Gasteiger partial charge on any atom is 0.244 e. The number of aliphatic hydroxyl groups excluding tert-OH is 1. The average molecular weight is 331 g/mol. The van der Waals surface area contributed by atoms with Gasteiger partial charge in [-0.2, -0.15) is 11.8 Å². The van der Waals surface area contributed by atoms with E-state index in [2.05, 4.69) is 11.6 Å². The van der Waals surface area contributed by atoms with Gasteiger partial charge in [0, 0.05) is 11.3 Å². The Morgan fingerprint density at radius 1 is 1.48 bits per heavy atom. The Balaban J connectivity index is 2.19. The number of thioether (sulfide) groups is 1. The average Bonchev–Trinajstić information content (AvgIpc) is 2.92. The number of methoxy groups -OCH3 is 1. The van der Waals surface area contributed by atoms with E-state index in [4.69, 9.17) is 9.84 Å². The Morgan fingerprint density at radius 2 is 2.24 bits per heavy atom. The van der Waals surface area contributed by atoms with Crippen molar-refractivity contribution in [3.63, 3.8) is 0 Å². The van der Waals surface area contributed by atoms with Crippen LogP contribution in [0.1, 0.15) is 25.3 Å². The van der Waals surface area contributed by atoms with Crippen LogP contribution in [0.4, 0.5) is 0 Å². The molecule has 0 radical (unpaired) electrons. The van der Waals surface area contributed by atoms with Crippen LogP contribution in [0.3, 0.4) is 0 Å². The zero-order valence-electron chi connectivity index (χ0n) is 12.3. The Labute approximate surface area is 130 Å². The zero-order valence-corrected chi connectivity index (χ0v) is 13.9.